The Hall–Kier alpha value is -3.26. The minimum atomic E-state index is -1.24. The normalized spacial score (nSPS) is 18.8. The first-order valence-corrected chi connectivity index (χ1v) is 8.55. The first-order valence-electron chi connectivity index (χ1n) is 8.55. The van der Waals surface area contributed by atoms with E-state index < -0.39 is 5.97 Å². The third kappa shape index (κ3) is 4.04. The van der Waals surface area contributed by atoms with Gasteiger partial charge in [0.2, 0.25) is 0 Å². The monoisotopic (exact) mass is 348 g/mol. The van der Waals surface area contributed by atoms with Crippen LogP contribution in [-0.2, 0) is 9.53 Å². The lowest BCUT2D eigenvalue weighted by Crippen LogP contribution is -2.17. The highest BCUT2D eigenvalue weighted by molar-refractivity contribution is 5.93. The smallest absolute Gasteiger partial charge is 0.347 e. The maximum Gasteiger partial charge on any atom is 0.347 e. The summed E-state index contributed by atoms with van der Waals surface area (Å²) in [6.07, 6.45) is 9.29. The molecule has 0 saturated carbocycles. The third-order valence-corrected chi connectivity index (χ3v) is 4.35. The number of allylic oxidation sites excluding steroid dienone is 5. The molecule has 0 amide bonds. The molecule has 1 aromatic carbocycles. The van der Waals surface area contributed by atoms with Crippen molar-refractivity contribution >= 4 is 17.7 Å². The SMILES string of the molecule is CC1=C/C(=C(/C#N)C(=O)O)C=C(/C=C/c2ccc(N3CCCC3)cc2)O1. The maximum absolute atomic E-state index is 11.2. The highest BCUT2D eigenvalue weighted by atomic mass is 16.5. The molecule has 1 saturated heterocycles. The van der Waals surface area contributed by atoms with E-state index in [1.807, 2.05) is 18.2 Å². The molecule has 132 valence electrons. The zero-order valence-corrected chi connectivity index (χ0v) is 14.6. The molecule has 0 aromatic heterocycles. The lowest BCUT2D eigenvalue weighted by molar-refractivity contribution is -0.132. The van der Waals surface area contributed by atoms with Crippen molar-refractivity contribution in [2.75, 3.05) is 18.0 Å². The molecule has 3 rings (SSSR count). The Morgan fingerprint density at radius 1 is 1.19 bits per heavy atom. The number of ether oxygens (including phenoxy) is 1. The van der Waals surface area contributed by atoms with Crippen LogP contribution in [0.1, 0.15) is 25.3 Å². The fourth-order valence-corrected chi connectivity index (χ4v) is 3.07. The van der Waals surface area contributed by atoms with Crippen molar-refractivity contribution in [2.45, 2.75) is 19.8 Å². The summed E-state index contributed by atoms with van der Waals surface area (Å²) in [5.74, 6) is -0.205. The van der Waals surface area contributed by atoms with Gasteiger partial charge in [-0.3, -0.25) is 0 Å². The van der Waals surface area contributed by atoms with Gasteiger partial charge in [-0.1, -0.05) is 18.2 Å². The number of nitriles is 1. The molecule has 2 heterocycles. The Labute approximate surface area is 152 Å². The van der Waals surface area contributed by atoms with E-state index in [4.69, 9.17) is 15.1 Å². The van der Waals surface area contributed by atoms with Gasteiger partial charge < -0.3 is 14.7 Å². The van der Waals surface area contributed by atoms with Gasteiger partial charge >= 0.3 is 5.97 Å². The van der Waals surface area contributed by atoms with Gasteiger partial charge in [0.05, 0.1) is 0 Å². The van der Waals surface area contributed by atoms with Crippen molar-refractivity contribution in [3.63, 3.8) is 0 Å². The van der Waals surface area contributed by atoms with E-state index in [2.05, 4.69) is 17.0 Å². The van der Waals surface area contributed by atoms with E-state index in [0.29, 0.717) is 17.1 Å². The van der Waals surface area contributed by atoms with Gasteiger partial charge in [-0.05, 0) is 55.7 Å². The summed E-state index contributed by atoms with van der Waals surface area (Å²) in [6, 6.07) is 10.0. The summed E-state index contributed by atoms with van der Waals surface area (Å²) in [5, 5.41) is 18.2. The largest absolute Gasteiger partial charge is 0.477 e. The highest BCUT2D eigenvalue weighted by Crippen LogP contribution is 2.24. The average Bonchev–Trinajstić information content (AvgIpc) is 3.15. The molecular formula is C21H20N2O3. The molecule has 0 unspecified atom stereocenters. The molecule has 0 aliphatic carbocycles. The van der Waals surface area contributed by atoms with Gasteiger partial charge in [0.25, 0.3) is 0 Å². The summed E-state index contributed by atoms with van der Waals surface area (Å²) >= 11 is 0. The van der Waals surface area contributed by atoms with Crippen LogP contribution in [0.15, 0.2) is 65.2 Å². The number of benzene rings is 1. The van der Waals surface area contributed by atoms with E-state index in [1.165, 1.54) is 18.5 Å². The van der Waals surface area contributed by atoms with Gasteiger partial charge in [0.15, 0.2) is 0 Å². The molecule has 2 aliphatic heterocycles. The van der Waals surface area contributed by atoms with E-state index in [-0.39, 0.29) is 5.57 Å². The van der Waals surface area contributed by atoms with Crippen LogP contribution in [0.3, 0.4) is 0 Å². The standard InChI is InChI=1S/C21H20N2O3/c1-15-12-17(20(14-22)21(24)25)13-19(26-15)9-6-16-4-7-18(8-5-16)23-10-2-3-11-23/h4-9,12-13H,2-3,10-11H2,1H3,(H,24,25)/b9-6+,20-17+. The van der Waals surface area contributed by atoms with Crippen molar-refractivity contribution in [3.05, 3.63) is 70.7 Å². The number of anilines is 1. The molecule has 26 heavy (non-hydrogen) atoms. The maximum atomic E-state index is 11.2. The number of carboxylic acids is 1. The van der Waals surface area contributed by atoms with Crippen LogP contribution in [0, 0.1) is 11.3 Å². The number of rotatable bonds is 4. The second kappa shape index (κ2) is 7.75. The Kier molecular flexibility index (Phi) is 5.23. The van der Waals surface area contributed by atoms with E-state index in [0.717, 1.165) is 18.7 Å². The molecule has 5 nitrogen and oxygen atoms in total. The Bertz CT molecular complexity index is 862. The van der Waals surface area contributed by atoms with Crippen molar-refractivity contribution in [3.8, 4) is 6.07 Å². The molecule has 0 spiro atoms. The molecule has 0 bridgehead atoms. The lowest BCUT2D eigenvalue weighted by atomic mass is 10.1. The van der Waals surface area contributed by atoms with Gasteiger partial charge in [-0.15, -0.1) is 0 Å². The van der Waals surface area contributed by atoms with Gasteiger partial charge in [-0.2, -0.15) is 5.26 Å². The van der Waals surface area contributed by atoms with E-state index in [9.17, 15) is 4.79 Å². The first kappa shape index (κ1) is 17.6. The summed E-state index contributed by atoms with van der Waals surface area (Å²) < 4.78 is 5.61. The minimum Gasteiger partial charge on any atom is -0.477 e. The molecule has 0 radical (unpaired) electrons. The van der Waals surface area contributed by atoms with Crippen LogP contribution in [0.25, 0.3) is 6.08 Å². The van der Waals surface area contributed by atoms with Crippen molar-refractivity contribution in [1.29, 1.82) is 5.26 Å². The van der Waals surface area contributed by atoms with Gasteiger partial charge in [0.1, 0.15) is 23.2 Å². The second-order valence-corrected chi connectivity index (χ2v) is 6.27. The number of aliphatic carboxylic acids is 1. The number of carbonyl (C=O) groups is 1. The van der Waals surface area contributed by atoms with Crippen molar-refractivity contribution < 1.29 is 14.6 Å². The fraction of sp³-hybridized carbons (Fsp3) is 0.238. The van der Waals surface area contributed by atoms with Crippen LogP contribution < -0.4 is 4.90 Å². The molecule has 5 heteroatoms. The van der Waals surface area contributed by atoms with Crippen LogP contribution >= 0.6 is 0 Å². The summed E-state index contributed by atoms with van der Waals surface area (Å²) in [6.45, 7) is 3.95. The van der Waals surface area contributed by atoms with Gasteiger partial charge in [-0.25, -0.2) is 4.79 Å². The molecule has 2 aliphatic rings. The Balaban J connectivity index is 1.78. The molecule has 1 aromatic rings. The first-order chi connectivity index (χ1) is 12.6. The number of nitrogens with zero attached hydrogens (tertiary/aromatic N) is 2. The highest BCUT2D eigenvalue weighted by Gasteiger charge is 2.15. The third-order valence-electron chi connectivity index (χ3n) is 4.35. The van der Waals surface area contributed by atoms with Crippen molar-refractivity contribution in [2.24, 2.45) is 0 Å². The van der Waals surface area contributed by atoms with E-state index in [1.54, 1.807) is 31.2 Å². The molecule has 1 fully saturated rings. The zero-order chi connectivity index (χ0) is 18.5. The molecule has 0 atom stereocenters. The predicted molar refractivity (Wildman–Crippen MR) is 100 cm³/mol. The van der Waals surface area contributed by atoms with Gasteiger partial charge in [0, 0.05) is 24.4 Å². The second-order valence-electron chi connectivity index (χ2n) is 6.27. The Morgan fingerprint density at radius 3 is 2.50 bits per heavy atom. The quantitative estimate of drug-likeness (QED) is 0.657. The predicted octanol–water partition coefficient (Wildman–Crippen LogP) is 4.02. The molecule has 1 N–H and O–H groups in total. The Morgan fingerprint density at radius 2 is 1.88 bits per heavy atom. The number of carboxylic acid groups (broad SMARTS) is 1. The van der Waals surface area contributed by atoms with E-state index >= 15 is 0 Å². The molecular weight excluding hydrogens is 328 g/mol. The fourth-order valence-electron chi connectivity index (χ4n) is 3.07. The van der Waals surface area contributed by atoms with Crippen LogP contribution in [0.5, 0.6) is 0 Å². The number of hydrogen-bond donors (Lipinski definition) is 1. The summed E-state index contributed by atoms with van der Waals surface area (Å²) in [4.78, 5) is 13.5. The van der Waals surface area contributed by atoms with Crippen LogP contribution in [-0.4, -0.2) is 24.2 Å². The lowest BCUT2D eigenvalue weighted by Gasteiger charge is -2.17. The van der Waals surface area contributed by atoms with Crippen LogP contribution in [0.4, 0.5) is 5.69 Å². The van der Waals surface area contributed by atoms with Crippen molar-refractivity contribution in [1.82, 2.24) is 0 Å². The summed E-state index contributed by atoms with van der Waals surface area (Å²) in [7, 11) is 0. The zero-order valence-electron chi connectivity index (χ0n) is 14.6. The van der Waals surface area contributed by atoms with Crippen LogP contribution in [0.2, 0.25) is 0 Å². The number of hydrogen-bond acceptors (Lipinski definition) is 4. The minimum absolute atomic E-state index is 0.298. The average molecular weight is 348 g/mol. The summed E-state index contributed by atoms with van der Waals surface area (Å²) in [5.41, 5.74) is 2.30. The topological polar surface area (TPSA) is 73.6 Å².